The highest BCUT2D eigenvalue weighted by molar-refractivity contribution is 6.07. The number of hydrogen-bond donors (Lipinski definition) is 0. The van der Waals surface area contributed by atoms with E-state index in [1.165, 1.54) is 6.07 Å². The number of benzene rings is 2. The van der Waals surface area contributed by atoms with Crippen LogP contribution in [-0.4, -0.2) is 12.5 Å². The molecule has 1 aliphatic heterocycles. The molecule has 0 saturated heterocycles. The van der Waals surface area contributed by atoms with Crippen molar-refractivity contribution >= 4 is 11.6 Å². The summed E-state index contributed by atoms with van der Waals surface area (Å²) in [5.74, 6) is -0.717. The van der Waals surface area contributed by atoms with E-state index in [4.69, 9.17) is 0 Å². The Morgan fingerprint density at radius 3 is 2.84 bits per heavy atom. The van der Waals surface area contributed by atoms with Gasteiger partial charge in [0.05, 0.1) is 5.56 Å². The first kappa shape index (κ1) is 11.9. The first-order valence-corrected chi connectivity index (χ1v) is 6.33. The number of para-hydroxylation sites is 1. The van der Waals surface area contributed by atoms with E-state index in [0.717, 1.165) is 23.2 Å². The minimum absolute atomic E-state index is 0.150. The minimum atomic E-state index is -0.458. The van der Waals surface area contributed by atoms with Gasteiger partial charge in [0.15, 0.2) is 0 Å². The zero-order valence-electron chi connectivity index (χ0n) is 10.7. The van der Waals surface area contributed by atoms with E-state index in [2.05, 4.69) is 0 Å². The van der Waals surface area contributed by atoms with Gasteiger partial charge in [-0.1, -0.05) is 29.8 Å². The maximum absolute atomic E-state index is 13.8. The van der Waals surface area contributed by atoms with Crippen molar-refractivity contribution in [1.29, 1.82) is 0 Å². The molecule has 0 bridgehead atoms. The number of amides is 1. The van der Waals surface area contributed by atoms with Crippen molar-refractivity contribution in [3.8, 4) is 0 Å². The van der Waals surface area contributed by atoms with Gasteiger partial charge in [-0.3, -0.25) is 4.79 Å². The fraction of sp³-hybridized carbons (Fsp3) is 0.188. The van der Waals surface area contributed by atoms with Crippen LogP contribution >= 0.6 is 0 Å². The first-order valence-electron chi connectivity index (χ1n) is 6.33. The maximum atomic E-state index is 13.8. The number of aryl methyl sites for hydroxylation is 1. The molecular formula is C16H14FNO. The summed E-state index contributed by atoms with van der Waals surface area (Å²) in [6.07, 6.45) is 0.829. The number of halogens is 1. The van der Waals surface area contributed by atoms with Gasteiger partial charge < -0.3 is 4.90 Å². The normalized spacial score (nSPS) is 13.5. The smallest absolute Gasteiger partial charge is 0.261 e. The van der Waals surface area contributed by atoms with Gasteiger partial charge in [0.2, 0.25) is 0 Å². The third kappa shape index (κ3) is 2.01. The molecule has 3 rings (SSSR count). The van der Waals surface area contributed by atoms with E-state index in [9.17, 15) is 9.18 Å². The van der Waals surface area contributed by atoms with Gasteiger partial charge in [-0.15, -0.1) is 0 Å². The topological polar surface area (TPSA) is 20.3 Å². The molecular weight excluding hydrogens is 241 g/mol. The number of carbonyl (C=O) groups is 1. The number of nitrogens with zero attached hydrogens (tertiary/aromatic N) is 1. The Kier molecular flexibility index (Phi) is 2.82. The quantitative estimate of drug-likeness (QED) is 0.765. The van der Waals surface area contributed by atoms with Crippen LogP contribution in [-0.2, 0) is 6.42 Å². The average molecular weight is 255 g/mol. The maximum Gasteiger partial charge on any atom is 0.261 e. The molecule has 0 N–H and O–H groups in total. The van der Waals surface area contributed by atoms with Crippen LogP contribution in [0.2, 0.25) is 0 Å². The summed E-state index contributed by atoms with van der Waals surface area (Å²) in [6, 6.07) is 12.4. The summed E-state index contributed by atoms with van der Waals surface area (Å²) in [6.45, 7) is 2.47. The van der Waals surface area contributed by atoms with Gasteiger partial charge in [0.25, 0.3) is 5.91 Å². The van der Waals surface area contributed by atoms with Gasteiger partial charge in [-0.2, -0.15) is 0 Å². The van der Waals surface area contributed by atoms with Crippen molar-refractivity contribution < 1.29 is 9.18 Å². The second-order valence-electron chi connectivity index (χ2n) is 4.82. The van der Waals surface area contributed by atoms with Crippen LogP contribution < -0.4 is 4.90 Å². The van der Waals surface area contributed by atoms with Crippen molar-refractivity contribution in [3.05, 3.63) is 65.0 Å². The Hall–Kier alpha value is -2.16. The highest BCUT2D eigenvalue weighted by atomic mass is 19.1. The molecule has 96 valence electrons. The summed E-state index contributed by atoms with van der Waals surface area (Å²) in [5, 5.41) is 0. The summed E-state index contributed by atoms with van der Waals surface area (Å²) >= 11 is 0. The van der Waals surface area contributed by atoms with E-state index >= 15 is 0 Å². The Balaban J connectivity index is 2.00. The molecule has 19 heavy (non-hydrogen) atoms. The van der Waals surface area contributed by atoms with Crippen molar-refractivity contribution in [1.82, 2.24) is 0 Å². The van der Waals surface area contributed by atoms with E-state index in [-0.39, 0.29) is 11.5 Å². The summed E-state index contributed by atoms with van der Waals surface area (Å²) in [4.78, 5) is 14.1. The molecule has 2 aromatic carbocycles. The summed E-state index contributed by atoms with van der Waals surface area (Å²) in [5.41, 5.74) is 3.08. The van der Waals surface area contributed by atoms with Crippen LogP contribution in [0.4, 0.5) is 10.1 Å². The Morgan fingerprint density at radius 1 is 1.21 bits per heavy atom. The van der Waals surface area contributed by atoms with Crippen molar-refractivity contribution in [2.45, 2.75) is 13.3 Å². The van der Waals surface area contributed by atoms with Crippen molar-refractivity contribution in [2.75, 3.05) is 11.4 Å². The van der Waals surface area contributed by atoms with Crippen molar-refractivity contribution in [3.63, 3.8) is 0 Å². The monoisotopic (exact) mass is 255 g/mol. The van der Waals surface area contributed by atoms with E-state index < -0.39 is 5.82 Å². The molecule has 0 aromatic heterocycles. The molecule has 1 amide bonds. The fourth-order valence-electron chi connectivity index (χ4n) is 2.50. The predicted molar refractivity (Wildman–Crippen MR) is 73.0 cm³/mol. The van der Waals surface area contributed by atoms with Gasteiger partial charge in [-0.25, -0.2) is 4.39 Å². The van der Waals surface area contributed by atoms with Crippen LogP contribution in [0.25, 0.3) is 0 Å². The molecule has 1 heterocycles. The molecule has 0 spiro atoms. The lowest BCUT2D eigenvalue weighted by Gasteiger charge is -2.18. The summed E-state index contributed by atoms with van der Waals surface area (Å²) in [7, 11) is 0. The Bertz CT molecular complexity index is 651. The van der Waals surface area contributed by atoms with Crippen LogP contribution in [0.5, 0.6) is 0 Å². The molecule has 0 saturated carbocycles. The van der Waals surface area contributed by atoms with Gasteiger partial charge in [0.1, 0.15) is 5.82 Å². The van der Waals surface area contributed by atoms with Gasteiger partial charge >= 0.3 is 0 Å². The lowest BCUT2D eigenvalue weighted by Crippen LogP contribution is -2.29. The van der Waals surface area contributed by atoms with Crippen LogP contribution in [0.3, 0.4) is 0 Å². The number of rotatable bonds is 1. The number of hydrogen-bond acceptors (Lipinski definition) is 1. The van der Waals surface area contributed by atoms with Gasteiger partial charge in [-0.05, 0) is 37.1 Å². The van der Waals surface area contributed by atoms with Crippen LogP contribution in [0.15, 0.2) is 42.5 Å². The Labute approximate surface area is 111 Å². The highest BCUT2D eigenvalue weighted by Gasteiger charge is 2.26. The van der Waals surface area contributed by atoms with E-state index in [1.807, 2.05) is 31.2 Å². The third-order valence-electron chi connectivity index (χ3n) is 3.48. The zero-order chi connectivity index (χ0) is 13.4. The molecule has 0 radical (unpaired) electrons. The lowest BCUT2D eigenvalue weighted by atomic mass is 10.1. The first-order chi connectivity index (χ1) is 9.16. The summed E-state index contributed by atoms with van der Waals surface area (Å²) < 4.78 is 13.8. The molecule has 0 fully saturated rings. The number of carbonyl (C=O) groups excluding carboxylic acids is 1. The highest BCUT2D eigenvalue weighted by Crippen LogP contribution is 2.29. The molecule has 0 unspecified atom stereocenters. The standard InChI is InChI=1S/C16H14FNO/c1-11-6-7-14(17)13(10-11)16(19)18-9-8-12-4-2-3-5-15(12)18/h2-7,10H,8-9H2,1H3. The molecule has 2 aromatic rings. The SMILES string of the molecule is Cc1ccc(F)c(C(=O)N2CCc3ccccc32)c1. The predicted octanol–water partition coefficient (Wildman–Crippen LogP) is 3.34. The average Bonchev–Trinajstić information content (AvgIpc) is 2.84. The fourth-order valence-corrected chi connectivity index (χ4v) is 2.50. The molecule has 0 atom stereocenters. The molecule has 3 heteroatoms. The zero-order valence-corrected chi connectivity index (χ0v) is 10.7. The van der Waals surface area contributed by atoms with E-state index in [0.29, 0.717) is 6.54 Å². The van der Waals surface area contributed by atoms with Crippen molar-refractivity contribution in [2.24, 2.45) is 0 Å². The van der Waals surface area contributed by atoms with Gasteiger partial charge in [0, 0.05) is 12.2 Å². The molecule has 0 aliphatic carbocycles. The molecule has 2 nitrogen and oxygen atoms in total. The number of anilines is 1. The van der Waals surface area contributed by atoms with Crippen LogP contribution in [0.1, 0.15) is 21.5 Å². The minimum Gasteiger partial charge on any atom is -0.308 e. The van der Waals surface area contributed by atoms with Crippen LogP contribution in [0, 0.1) is 12.7 Å². The second kappa shape index (κ2) is 4.50. The Morgan fingerprint density at radius 2 is 2.00 bits per heavy atom. The van der Waals surface area contributed by atoms with E-state index in [1.54, 1.807) is 17.0 Å². The largest absolute Gasteiger partial charge is 0.308 e. The third-order valence-corrected chi connectivity index (χ3v) is 3.48. The second-order valence-corrected chi connectivity index (χ2v) is 4.82. The number of fused-ring (bicyclic) bond motifs is 1. The lowest BCUT2D eigenvalue weighted by molar-refractivity contribution is 0.0985. The molecule has 1 aliphatic rings.